The number of aromatic nitrogens is 2. The minimum Gasteiger partial charge on any atom is -0.478 e. The Hall–Kier alpha value is -3.73. The molecule has 0 fully saturated rings. The van der Waals surface area contributed by atoms with Crippen LogP contribution in [0.4, 0.5) is 23.2 Å². The van der Waals surface area contributed by atoms with Crippen molar-refractivity contribution in [1.29, 1.82) is 0 Å². The van der Waals surface area contributed by atoms with Gasteiger partial charge in [-0.25, -0.2) is 14.4 Å². The number of amides is 1. The molecule has 0 radical (unpaired) electrons. The van der Waals surface area contributed by atoms with Gasteiger partial charge >= 0.3 is 6.36 Å². The van der Waals surface area contributed by atoms with E-state index >= 15 is 0 Å². The molecule has 0 saturated carbocycles. The monoisotopic (exact) mass is 516 g/mol. The van der Waals surface area contributed by atoms with Gasteiger partial charge in [0.15, 0.2) is 23.9 Å². The Bertz CT molecular complexity index is 1360. The van der Waals surface area contributed by atoms with Gasteiger partial charge in [0.2, 0.25) is 0 Å². The molecule has 1 amide bonds. The Labute approximate surface area is 210 Å². The highest BCUT2D eigenvalue weighted by molar-refractivity contribution is 6.00. The smallest absolute Gasteiger partial charge is 0.478 e. The number of halogens is 4. The number of nitrogens with one attached hydrogen (secondary N) is 1. The second-order valence-electron chi connectivity index (χ2n) is 9.21. The summed E-state index contributed by atoms with van der Waals surface area (Å²) in [4.78, 5) is 22.2. The topological polar surface area (TPSA) is 76.6 Å². The first-order valence-corrected chi connectivity index (χ1v) is 11.8. The fraction of sp³-hybridized carbons (Fsp3) is 0.346. The second-order valence-corrected chi connectivity index (χ2v) is 9.21. The van der Waals surface area contributed by atoms with Crippen LogP contribution in [-0.4, -0.2) is 41.4 Å². The molecule has 0 atom stereocenters. The lowest BCUT2D eigenvalue weighted by molar-refractivity contribution is -0.275. The number of alkyl halides is 3. The van der Waals surface area contributed by atoms with E-state index in [1.807, 2.05) is 12.1 Å². The third kappa shape index (κ3) is 5.22. The summed E-state index contributed by atoms with van der Waals surface area (Å²) < 4.78 is 64.1. The van der Waals surface area contributed by atoms with E-state index in [4.69, 9.17) is 4.74 Å². The standard InChI is InChI=1S/C26H24F4N4O3/c1-14(2)34-20-9-18(10-21(37-26(28,29)30)25(20)36-13-23(34)35)24-19(27)12-32-22(33-24)8-15-3-4-17-11-31-6-5-16(17)7-15/h3-4,7,9-10,12,14,31H,5-6,8,11,13H2,1-2H3. The molecule has 2 aromatic carbocycles. The normalized spacial score (nSPS) is 15.3. The average Bonchev–Trinajstić information content (AvgIpc) is 2.83. The number of benzene rings is 2. The third-order valence-electron chi connectivity index (χ3n) is 6.23. The molecule has 3 aromatic rings. The molecule has 1 N–H and O–H groups in total. The number of ether oxygens (including phenoxy) is 2. The third-order valence-corrected chi connectivity index (χ3v) is 6.23. The number of carbonyl (C=O) groups is 1. The SMILES string of the molecule is CC(C)N1C(=O)COc2c(OC(F)(F)F)cc(-c3nc(Cc4ccc5c(c4)CCNC5)ncc3F)cc21. The Balaban J connectivity index is 1.56. The van der Waals surface area contributed by atoms with E-state index in [1.54, 1.807) is 13.8 Å². The lowest BCUT2D eigenvalue weighted by Crippen LogP contribution is -2.43. The minimum absolute atomic E-state index is 0.000356. The molecule has 194 valence electrons. The maximum absolute atomic E-state index is 14.9. The van der Waals surface area contributed by atoms with Crippen LogP contribution in [0.2, 0.25) is 0 Å². The van der Waals surface area contributed by atoms with Gasteiger partial charge in [-0.15, -0.1) is 13.2 Å². The van der Waals surface area contributed by atoms with Crippen molar-refractivity contribution in [1.82, 2.24) is 15.3 Å². The van der Waals surface area contributed by atoms with Crippen molar-refractivity contribution in [3.05, 3.63) is 64.9 Å². The van der Waals surface area contributed by atoms with Crippen molar-refractivity contribution < 1.29 is 31.8 Å². The van der Waals surface area contributed by atoms with Crippen molar-refractivity contribution in [2.75, 3.05) is 18.1 Å². The number of hydrogen-bond acceptors (Lipinski definition) is 6. The first kappa shape index (κ1) is 24.9. The van der Waals surface area contributed by atoms with Gasteiger partial charge in [-0.3, -0.25) is 4.79 Å². The lowest BCUT2D eigenvalue weighted by Gasteiger charge is -2.33. The van der Waals surface area contributed by atoms with Gasteiger partial charge in [0, 0.05) is 24.6 Å². The van der Waals surface area contributed by atoms with Crippen LogP contribution < -0.4 is 19.7 Å². The molecule has 2 aliphatic rings. The van der Waals surface area contributed by atoms with Crippen LogP contribution in [0.25, 0.3) is 11.3 Å². The first-order chi connectivity index (χ1) is 17.6. The summed E-state index contributed by atoms with van der Waals surface area (Å²) in [5.74, 6) is -1.88. The fourth-order valence-electron chi connectivity index (χ4n) is 4.67. The van der Waals surface area contributed by atoms with Crippen LogP contribution in [0.15, 0.2) is 36.5 Å². The maximum atomic E-state index is 14.9. The van der Waals surface area contributed by atoms with E-state index in [9.17, 15) is 22.4 Å². The predicted molar refractivity (Wildman–Crippen MR) is 127 cm³/mol. The van der Waals surface area contributed by atoms with Crippen molar-refractivity contribution in [3.8, 4) is 22.8 Å². The van der Waals surface area contributed by atoms with Crippen LogP contribution in [0, 0.1) is 5.82 Å². The van der Waals surface area contributed by atoms with Crippen molar-refractivity contribution >= 4 is 11.6 Å². The minimum atomic E-state index is -5.03. The molecular weight excluding hydrogens is 492 g/mol. The number of carbonyl (C=O) groups excluding carboxylic acids is 1. The van der Waals surface area contributed by atoms with E-state index in [1.165, 1.54) is 22.1 Å². The van der Waals surface area contributed by atoms with E-state index < -0.39 is 36.5 Å². The summed E-state index contributed by atoms with van der Waals surface area (Å²) in [5, 5.41) is 3.31. The van der Waals surface area contributed by atoms with Crippen molar-refractivity contribution in [2.45, 2.75) is 45.6 Å². The van der Waals surface area contributed by atoms with Gasteiger partial charge in [-0.05, 0) is 55.6 Å². The van der Waals surface area contributed by atoms with Gasteiger partial charge in [0.05, 0.1) is 11.9 Å². The highest BCUT2D eigenvalue weighted by atomic mass is 19.4. The zero-order valence-electron chi connectivity index (χ0n) is 20.2. The van der Waals surface area contributed by atoms with Gasteiger partial charge in [-0.1, -0.05) is 18.2 Å². The number of fused-ring (bicyclic) bond motifs is 2. The zero-order chi connectivity index (χ0) is 26.3. The maximum Gasteiger partial charge on any atom is 0.573 e. The Morgan fingerprint density at radius 3 is 2.76 bits per heavy atom. The molecule has 37 heavy (non-hydrogen) atoms. The first-order valence-electron chi connectivity index (χ1n) is 11.8. The van der Waals surface area contributed by atoms with Gasteiger partial charge in [-0.2, -0.15) is 0 Å². The molecule has 0 bridgehead atoms. The van der Waals surface area contributed by atoms with Crippen molar-refractivity contribution in [3.63, 3.8) is 0 Å². The fourth-order valence-corrected chi connectivity index (χ4v) is 4.67. The number of nitrogens with zero attached hydrogens (tertiary/aromatic N) is 3. The van der Waals surface area contributed by atoms with Gasteiger partial charge in [0.1, 0.15) is 11.5 Å². The van der Waals surface area contributed by atoms with Crippen LogP contribution in [0.5, 0.6) is 11.5 Å². The molecule has 3 heterocycles. The summed E-state index contributed by atoms with van der Waals surface area (Å²) in [5.41, 5.74) is 3.22. The van der Waals surface area contributed by atoms with Gasteiger partial charge in [0.25, 0.3) is 5.91 Å². The summed E-state index contributed by atoms with van der Waals surface area (Å²) in [6, 6.07) is 8.06. The molecule has 7 nitrogen and oxygen atoms in total. The molecule has 0 unspecified atom stereocenters. The van der Waals surface area contributed by atoms with E-state index in [2.05, 4.69) is 26.1 Å². The van der Waals surface area contributed by atoms with Crippen molar-refractivity contribution in [2.24, 2.45) is 0 Å². The Morgan fingerprint density at radius 2 is 2.00 bits per heavy atom. The lowest BCUT2D eigenvalue weighted by atomic mass is 9.97. The summed E-state index contributed by atoms with van der Waals surface area (Å²) in [7, 11) is 0. The molecule has 0 spiro atoms. The Morgan fingerprint density at radius 1 is 1.19 bits per heavy atom. The van der Waals surface area contributed by atoms with Crippen LogP contribution >= 0.6 is 0 Å². The largest absolute Gasteiger partial charge is 0.573 e. The second kappa shape index (κ2) is 9.62. The van der Waals surface area contributed by atoms with E-state index in [-0.39, 0.29) is 22.7 Å². The van der Waals surface area contributed by atoms with Gasteiger partial charge < -0.3 is 19.7 Å². The molecule has 2 aliphatic heterocycles. The summed E-state index contributed by atoms with van der Waals surface area (Å²) in [6.45, 7) is 4.66. The molecule has 11 heteroatoms. The number of rotatable bonds is 5. The highest BCUT2D eigenvalue weighted by Gasteiger charge is 2.37. The number of hydrogen-bond donors (Lipinski definition) is 1. The summed E-state index contributed by atoms with van der Waals surface area (Å²) in [6.07, 6.45) is -2.84. The summed E-state index contributed by atoms with van der Waals surface area (Å²) >= 11 is 0. The van der Waals surface area contributed by atoms with Crippen LogP contribution in [-0.2, 0) is 24.2 Å². The highest BCUT2D eigenvalue weighted by Crippen LogP contribution is 2.46. The molecular formula is C26H24F4N4O3. The van der Waals surface area contributed by atoms with Crippen LogP contribution in [0.3, 0.4) is 0 Å². The molecule has 0 aliphatic carbocycles. The molecule has 5 rings (SSSR count). The average molecular weight is 516 g/mol. The number of anilines is 1. The quantitative estimate of drug-likeness (QED) is 0.502. The van der Waals surface area contributed by atoms with Crippen LogP contribution in [0.1, 0.15) is 36.4 Å². The molecule has 0 saturated heterocycles. The van der Waals surface area contributed by atoms with E-state index in [0.29, 0.717) is 12.2 Å². The zero-order valence-corrected chi connectivity index (χ0v) is 20.2. The Kier molecular flexibility index (Phi) is 6.49. The van der Waals surface area contributed by atoms with E-state index in [0.717, 1.165) is 37.3 Å². The molecule has 1 aromatic heterocycles. The predicted octanol–water partition coefficient (Wildman–Crippen LogP) is 4.55.